The van der Waals surface area contributed by atoms with Gasteiger partial charge in [0, 0.05) is 0 Å². The van der Waals surface area contributed by atoms with E-state index in [4.69, 9.17) is 0 Å². The van der Waals surface area contributed by atoms with Crippen molar-refractivity contribution in [3.63, 3.8) is 0 Å². The van der Waals surface area contributed by atoms with Crippen LogP contribution in [-0.4, -0.2) is 20.1 Å². The third kappa shape index (κ3) is 2.75. The topological polar surface area (TPSA) is 50.9 Å². The van der Waals surface area contributed by atoms with Crippen LogP contribution in [0.25, 0.3) is 16.7 Å². The fraction of sp³-hybridized carbons (Fsp3) is 0.294. The van der Waals surface area contributed by atoms with Gasteiger partial charge in [-0.05, 0) is 55.2 Å². The molecule has 0 unspecified atom stereocenters. The molecule has 0 aliphatic carbocycles. The normalized spacial score (nSPS) is 11.1. The molecule has 1 aromatic heterocycles. The lowest BCUT2D eigenvalue weighted by molar-refractivity contribution is 0.467. The van der Waals surface area contributed by atoms with Gasteiger partial charge in [0.05, 0.1) is 0 Å². The number of phenols is 1. The van der Waals surface area contributed by atoms with Crippen LogP contribution in [0.4, 0.5) is 0 Å². The second kappa shape index (κ2) is 5.56. The summed E-state index contributed by atoms with van der Waals surface area (Å²) in [6.45, 7) is 4.19. The number of phenolic OH excluding ortho intramolecular Hbond substituents is 1. The molecule has 3 rings (SSSR count). The Morgan fingerprint density at radius 3 is 2.62 bits per heavy atom. The van der Waals surface area contributed by atoms with Crippen LogP contribution in [0.1, 0.15) is 30.9 Å². The van der Waals surface area contributed by atoms with E-state index < -0.39 is 0 Å². The van der Waals surface area contributed by atoms with Crippen molar-refractivity contribution in [1.82, 2.24) is 15.0 Å². The van der Waals surface area contributed by atoms with E-state index in [2.05, 4.69) is 17.1 Å². The molecule has 4 heteroatoms. The second-order valence-corrected chi connectivity index (χ2v) is 5.41. The molecule has 4 nitrogen and oxygen atoms in total. The first-order chi connectivity index (χ1) is 10.2. The molecule has 0 bridgehead atoms. The summed E-state index contributed by atoms with van der Waals surface area (Å²) in [7, 11) is 0. The Hall–Kier alpha value is -2.36. The fourth-order valence-electron chi connectivity index (χ4n) is 2.41. The van der Waals surface area contributed by atoms with Crippen molar-refractivity contribution in [2.45, 2.75) is 33.1 Å². The fourth-order valence-corrected chi connectivity index (χ4v) is 2.41. The van der Waals surface area contributed by atoms with Gasteiger partial charge in [-0.3, -0.25) is 0 Å². The van der Waals surface area contributed by atoms with E-state index in [-0.39, 0.29) is 5.75 Å². The van der Waals surface area contributed by atoms with Crippen LogP contribution in [0, 0.1) is 6.92 Å². The maximum atomic E-state index is 10.2. The maximum Gasteiger partial charge on any atom is 0.143 e. The average molecular weight is 281 g/mol. The number of rotatable bonds is 4. The first-order valence-corrected chi connectivity index (χ1v) is 7.33. The molecule has 0 aliphatic heterocycles. The highest BCUT2D eigenvalue weighted by atomic mass is 16.3. The number of aromatic nitrogens is 3. The van der Waals surface area contributed by atoms with Crippen molar-refractivity contribution >= 4 is 11.0 Å². The van der Waals surface area contributed by atoms with E-state index in [0.717, 1.165) is 41.4 Å². The van der Waals surface area contributed by atoms with Crippen LogP contribution in [-0.2, 0) is 6.42 Å². The van der Waals surface area contributed by atoms with Crippen LogP contribution in [0.5, 0.6) is 5.75 Å². The lowest BCUT2D eigenvalue weighted by Gasteiger charge is -2.06. The molecule has 108 valence electrons. The first kappa shape index (κ1) is 13.6. The second-order valence-electron chi connectivity index (χ2n) is 5.41. The zero-order valence-corrected chi connectivity index (χ0v) is 12.4. The van der Waals surface area contributed by atoms with Gasteiger partial charge in [0.25, 0.3) is 0 Å². The molecule has 0 atom stereocenters. The largest absolute Gasteiger partial charge is 0.506 e. The van der Waals surface area contributed by atoms with E-state index in [0.29, 0.717) is 5.69 Å². The van der Waals surface area contributed by atoms with Gasteiger partial charge in [0.1, 0.15) is 22.5 Å². The van der Waals surface area contributed by atoms with Gasteiger partial charge < -0.3 is 5.11 Å². The highest BCUT2D eigenvalue weighted by Gasteiger charge is 2.09. The van der Waals surface area contributed by atoms with Crippen molar-refractivity contribution in [2.75, 3.05) is 0 Å². The molecule has 0 saturated carbocycles. The Bertz CT molecular complexity index is 777. The number of hydrogen-bond acceptors (Lipinski definition) is 3. The summed E-state index contributed by atoms with van der Waals surface area (Å²) in [4.78, 5) is 1.50. The summed E-state index contributed by atoms with van der Waals surface area (Å²) in [5.74, 6) is 0.223. The molecular formula is C17H19N3O. The zero-order valence-electron chi connectivity index (χ0n) is 12.4. The first-order valence-electron chi connectivity index (χ1n) is 7.33. The molecule has 21 heavy (non-hydrogen) atoms. The SMILES string of the molecule is CCCCc1ccc(-n2nc3ccc(C)cc3n2)c(O)c1. The molecule has 3 aromatic rings. The van der Waals surface area contributed by atoms with Crippen molar-refractivity contribution < 1.29 is 5.11 Å². The van der Waals surface area contributed by atoms with Crippen LogP contribution in [0.2, 0.25) is 0 Å². The Labute approximate surface area is 124 Å². The van der Waals surface area contributed by atoms with Gasteiger partial charge >= 0.3 is 0 Å². The van der Waals surface area contributed by atoms with E-state index in [1.165, 1.54) is 4.80 Å². The minimum atomic E-state index is 0.223. The van der Waals surface area contributed by atoms with E-state index in [1.54, 1.807) is 0 Å². The Morgan fingerprint density at radius 2 is 1.86 bits per heavy atom. The van der Waals surface area contributed by atoms with Gasteiger partial charge in [-0.25, -0.2) is 0 Å². The summed E-state index contributed by atoms with van der Waals surface area (Å²) in [6, 6.07) is 11.7. The molecule has 0 fully saturated rings. The summed E-state index contributed by atoms with van der Waals surface area (Å²) in [6.07, 6.45) is 3.26. The van der Waals surface area contributed by atoms with E-state index in [9.17, 15) is 5.11 Å². The minimum absolute atomic E-state index is 0.223. The number of hydrogen-bond donors (Lipinski definition) is 1. The molecule has 2 aromatic carbocycles. The molecular weight excluding hydrogens is 262 g/mol. The van der Waals surface area contributed by atoms with Gasteiger partial charge in [-0.15, -0.1) is 15.0 Å². The lowest BCUT2D eigenvalue weighted by Crippen LogP contribution is -1.99. The Morgan fingerprint density at radius 1 is 1.05 bits per heavy atom. The molecule has 0 spiro atoms. The number of aryl methyl sites for hydroxylation is 2. The van der Waals surface area contributed by atoms with Crippen molar-refractivity contribution in [3.05, 3.63) is 47.5 Å². The van der Waals surface area contributed by atoms with Crippen molar-refractivity contribution in [1.29, 1.82) is 0 Å². The van der Waals surface area contributed by atoms with Crippen LogP contribution >= 0.6 is 0 Å². The highest BCUT2D eigenvalue weighted by Crippen LogP contribution is 2.24. The molecule has 0 saturated heterocycles. The summed E-state index contributed by atoms with van der Waals surface area (Å²) < 4.78 is 0. The molecule has 0 aliphatic rings. The number of aromatic hydroxyl groups is 1. The van der Waals surface area contributed by atoms with E-state index in [1.807, 2.05) is 43.3 Å². The molecule has 0 amide bonds. The predicted octanol–water partition coefficient (Wildman–Crippen LogP) is 3.78. The van der Waals surface area contributed by atoms with Crippen molar-refractivity contribution in [2.24, 2.45) is 0 Å². The number of unbranched alkanes of at least 4 members (excludes halogenated alkanes) is 1. The third-order valence-electron chi connectivity index (χ3n) is 3.61. The summed E-state index contributed by atoms with van der Waals surface area (Å²) in [5, 5.41) is 19.1. The monoisotopic (exact) mass is 281 g/mol. The quantitative estimate of drug-likeness (QED) is 0.791. The van der Waals surface area contributed by atoms with Crippen LogP contribution in [0.15, 0.2) is 36.4 Å². The van der Waals surface area contributed by atoms with Crippen LogP contribution in [0.3, 0.4) is 0 Å². The third-order valence-corrected chi connectivity index (χ3v) is 3.61. The lowest BCUT2D eigenvalue weighted by atomic mass is 10.1. The number of fused-ring (bicyclic) bond motifs is 1. The Balaban J connectivity index is 1.98. The minimum Gasteiger partial charge on any atom is -0.506 e. The highest BCUT2D eigenvalue weighted by molar-refractivity contribution is 5.74. The number of benzene rings is 2. The zero-order chi connectivity index (χ0) is 14.8. The van der Waals surface area contributed by atoms with E-state index >= 15 is 0 Å². The molecule has 0 radical (unpaired) electrons. The average Bonchev–Trinajstić information content (AvgIpc) is 2.87. The Kier molecular flexibility index (Phi) is 3.60. The van der Waals surface area contributed by atoms with Gasteiger partial charge in [0.2, 0.25) is 0 Å². The van der Waals surface area contributed by atoms with Gasteiger partial charge in [-0.1, -0.05) is 25.5 Å². The van der Waals surface area contributed by atoms with Gasteiger partial charge in [0.15, 0.2) is 0 Å². The molecule has 1 N–H and O–H groups in total. The van der Waals surface area contributed by atoms with Crippen LogP contribution < -0.4 is 0 Å². The van der Waals surface area contributed by atoms with Crippen molar-refractivity contribution in [3.8, 4) is 11.4 Å². The summed E-state index contributed by atoms with van der Waals surface area (Å²) in [5.41, 5.74) is 4.57. The smallest absolute Gasteiger partial charge is 0.143 e. The standard InChI is InChI=1S/C17H19N3O/c1-3-4-5-13-7-9-16(17(21)11-13)20-18-14-8-6-12(2)10-15(14)19-20/h6-11,21H,3-5H2,1-2H3. The number of nitrogens with zero attached hydrogens (tertiary/aromatic N) is 3. The maximum absolute atomic E-state index is 10.2. The van der Waals surface area contributed by atoms with Gasteiger partial charge in [-0.2, -0.15) is 0 Å². The summed E-state index contributed by atoms with van der Waals surface area (Å²) >= 11 is 0. The predicted molar refractivity (Wildman–Crippen MR) is 83.9 cm³/mol. The molecule has 1 heterocycles.